The second-order valence-electron chi connectivity index (χ2n) is 41.7. The third-order valence-electron chi connectivity index (χ3n) is 35.3. The fourth-order valence-electron chi connectivity index (χ4n) is 28.2. The molecule has 24 rings (SSSR count). The van der Waals surface area contributed by atoms with Crippen molar-refractivity contribution in [3.05, 3.63) is 284 Å². The van der Waals surface area contributed by atoms with Crippen LogP contribution in [-0.4, -0.2) is 80.6 Å². The fraction of sp³-hybridized carbons (Fsp3) is 0.500. The number of fused-ring (bicyclic) bond motifs is 24. The summed E-state index contributed by atoms with van der Waals surface area (Å²) in [6.45, 7) is 45.8. The Kier molecular flexibility index (Phi) is 25.2. The molecule has 4 aromatic heterocycles. The largest absolute Gasteiger partial charge is 0.367 e. The first-order chi connectivity index (χ1) is 63.8. The minimum absolute atomic E-state index is 0.0829. The highest BCUT2D eigenvalue weighted by molar-refractivity contribution is 5.91. The van der Waals surface area contributed by atoms with E-state index in [9.17, 15) is 0 Å². The van der Waals surface area contributed by atoms with Crippen LogP contribution in [0.3, 0.4) is 0 Å². The Morgan fingerprint density at radius 3 is 0.946 bits per heavy atom. The molecule has 0 saturated heterocycles. The van der Waals surface area contributed by atoms with Gasteiger partial charge in [-0.25, -0.2) is 0 Å². The number of ether oxygens (including phenoxy) is 4. The van der Waals surface area contributed by atoms with Crippen molar-refractivity contribution >= 4 is 43.6 Å². The molecule has 4 fully saturated rings. The van der Waals surface area contributed by atoms with Crippen molar-refractivity contribution in [3.63, 3.8) is 0 Å². The molecule has 8 aromatic carbocycles. The summed E-state index contributed by atoms with van der Waals surface area (Å²) in [6, 6.07) is 70.7. The number of benzene rings is 8. The van der Waals surface area contributed by atoms with Gasteiger partial charge in [0.2, 0.25) is 0 Å². The van der Waals surface area contributed by atoms with E-state index >= 15 is 0 Å². The number of aromatic nitrogens is 4. The van der Waals surface area contributed by atoms with Crippen LogP contribution >= 0.6 is 0 Å². The summed E-state index contributed by atoms with van der Waals surface area (Å²) in [4.78, 5) is 7.96. The number of nitrogens with one attached hydrogen (secondary N) is 2. The normalized spacial score (nSPS) is 29.7. The van der Waals surface area contributed by atoms with Gasteiger partial charge in [-0.2, -0.15) is 23.1 Å². The Morgan fingerprint density at radius 1 is 0.323 bits per heavy atom. The molecular weight excluding hydrogens is 1600 g/mol. The van der Waals surface area contributed by atoms with Crippen molar-refractivity contribution in [2.75, 3.05) is 52.4 Å². The van der Waals surface area contributed by atoms with Crippen molar-refractivity contribution in [3.8, 4) is 22.7 Å². The highest BCUT2D eigenvalue weighted by atomic mass is 16.5. The Balaban J connectivity index is 0.000000105. The molecule has 130 heavy (non-hydrogen) atoms. The number of hydrogen-bond acceptors (Lipinski definition) is 8. The minimum atomic E-state index is 0.0829. The van der Waals surface area contributed by atoms with Crippen molar-refractivity contribution in [2.24, 2.45) is 94.7 Å². The molecule has 2 N–H and O–H groups in total. The predicted octanol–water partition coefficient (Wildman–Crippen LogP) is 26.0. The molecule has 14 heteroatoms. The van der Waals surface area contributed by atoms with E-state index in [-0.39, 0.29) is 24.4 Å². The van der Waals surface area contributed by atoms with E-state index in [0.29, 0.717) is 67.9 Å². The summed E-state index contributed by atoms with van der Waals surface area (Å²) in [7, 11) is 0. The Hall–Kier alpha value is -9.74. The number of hydrogen-bond donors (Lipinski definition) is 2. The average molecular weight is 1740 g/mol. The van der Waals surface area contributed by atoms with E-state index < -0.39 is 0 Å². The topological polar surface area (TPSA) is 95.9 Å². The lowest BCUT2D eigenvalue weighted by atomic mass is 9.64. The molecule has 12 aliphatic rings. The maximum Gasteiger partial charge on any atom is 0.0988 e. The van der Waals surface area contributed by atoms with Crippen LogP contribution in [0.4, 0.5) is 0 Å². The quantitative estimate of drug-likeness (QED) is 0.165. The molecule has 0 radical (unpaired) electrons. The SMILES string of the molecule is CC[C@@H]1[C@H]2C[C@@H]3OCc4ccccc4-n4c3c(c3ccccc34)CCNC[C@@H]2CC[C@@H]1C.C[C@@H]1[C@H]2C[C@@H]3OCc4ccccc4-n4c3c(c3ccccc34)CCNC[C@@H]2CC[C@@H]1C.[C-]#[N+]N1CCc2c3n(c4ccccc24)-c2ccccc2CO[C@H]3C[C@H]2[C@@H](CC[C@H](C)[C@@H]2C)C1.[C-]#[N+]N1CCc2c3n(c4ccccc24)-c2ccccc2CO[C@H]3C[C@H]2[C@@H](CC[C@H](C)[C@@H]2CC)C1. The lowest BCUT2D eigenvalue weighted by Crippen LogP contribution is -2.40. The summed E-state index contributed by atoms with van der Waals surface area (Å²) in [5.41, 5.74) is 26.7. The van der Waals surface area contributed by atoms with Crippen LogP contribution in [-0.2, 0) is 71.1 Å². The van der Waals surface area contributed by atoms with E-state index in [2.05, 4.69) is 288 Å². The molecule has 20 atom stereocenters. The van der Waals surface area contributed by atoms with Gasteiger partial charge >= 0.3 is 0 Å². The van der Waals surface area contributed by atoms with Gasteiger partial charge in [-0.1, -0.05) is 240 Å². The van der Waals surface area contributed by atoms with Crippen LogP contribution in [0.5, 0.6) is 0 Å². The van der Waals surface area contributed by atoms with Crippen LogP contribution in [0.15, 0.2) is 194 Å². The van der Waals surface area contributed by atoms with Gasteiger partial charge in [0.05, 0.1) is 145 Å². The first-order valence-electron chi connectivity index (χ1n) is 50.8. The Bertz CT molecular complexity index is 6150. The molecule has 0 amide bonds. The predicted molar refractivity (Wildman–Crippen MR) is 526 cm³/mol. The van der Waals surface area contributed by atoms with Crippen LogP contribution in [0.25, 0.3) is 76.3 Å². The van der Waals surface area contributed by atoms with Crippen LogP contribution < -0.4 is 10.6 Å². The first-order valence-corrected chi connectivity index (χ1v) is 50.8. The van der Waals surface area contributed by atoms with Crippen molar-refractivity contribution in [1.29, 1.82) is 0 Å². The molecule has 0 unspecified atom stereocenters. The summed E-state index contributed by atoms with van der Waals surface area (Å²) in [6.07, 6.45) is 21.7. The third kappa shape index (κ3) is 16.1. The van der Waals surface area contributed by atoms with Crippen LogP contribution in [0, 0.1) is 108 Å². The molecule has 8 aliphatic heterocycles. The second kappa shape index (κ2) is 37.7. The molecule has 12 heterocycles. The average Bonchev–Trinajstić information content (AvgIpc) is 1.60. The van der Waals surface area contributed by atoms with Gasteiger partial charge in [0.15, 0.2) is 0 Å². The van der Waals surface area contributed by atoms with E-state index in [4.69, 9.17) is 32.1 Å². The zero-order valence-electron chi connectivity index (χ0n) is 78.4. The maximum atomic E-state index is 7.92. The fourth-order valence-corrected chi connectivity index (χ4v) is 28.2. The van der Waals surface area contributed by atoms with Gasteiger partial charge in [0, 0.05) is 43.8 Å². The molecule has 0 bridgehead atoms. The van der Waals surface area contributed by atoms with E-state index in [1.54, 1.807) is 0 Å². The zero-order chi connectivity index (χ0) is 88.4. The number of rotatable bonds is 2. The summed E-state index contributed by atoms with van der Waals surface area (Å²) in [5, 5.41) is 17.2. The van der Waals surface area contributed by atoms with Gasteiger partial charge < -0.3 is 47.8 Å². The van der Waals surface area contributed by atoms with Gasteiger partial charge in [-0.3, -0.25) is 0 Å². The molecule has 4 saturated carbocycles. The van der Waals surface area contributed by atoms with Crippen molar-refractivity contribution < 1.29 is 18.9 Å². The first kappa shape index (κ1) is 86.9. The summed E-state index contributed by atoms with van der Waals surface area (Å²) >= 11 is 0. The highest BCUT2D eigenvalue weighted by Gasteiger charge is 2.47. The molecular formula is C116H138N10O4. The third-order valence-corrected chi connectivity index (χ3v) is 35.3. The summed E-state index contributed by atoms with van der Waals surface area (Å²) < 4.78 is 37.3. The minimum Gasteiger partial charge on any atom is -0.367 e. The zero-order valence-corrected chi connectivity index (χ0v) is 78.4. The van der Waals surface area contributed by atoms with E-state index in [1.165, 1.54) is 198 Å². The monoisotopic (exact) mass is 1740 g/mol. The van der Waals surface area contributed by atoms with Gasteiger partial charge in [0.25, 0.3) is 0 Å². The smallest absolute Gasteiger partial charge is 0.0988 e. The number of para-hydroxylation sites is 8. The molecule has 4 aliphatic carbocycles. The molecule has 676 valence electrons. The standard InChI is InChI=1S/C30H35N3O.C29H33N3O.C29H36N2O.C28H34N2O/c1-4-23-20(2)13-14-21-18-32(31-3)16-15-25-24-10-6-8-12-28(24)33-27-11-7-5-9-22(27)19-34-29(30(25)33)17-26(21)23;1-19-12-13-21-17-31(30-3)15-14-24-23-9-5-7-11-27(23)32-26-10-6-4-8-22(26)18-33-28(29(24)32)16-25(21)20(19)2;1-3-22-19(2)12-13-20-17-30-15-14-24-23-9-5-7-11-27(23)31-26-10-6-4-8-21(26)18-32-28(29(24)31)16-25(20)22;1-18-11-12-20-16-29-14-13-23-22-8-4-6-10-26(22)30-25-9-5-3-7-21(25)17-31-27(28(23)30)15-24(20)19(18)2/h5-12,20-21,23,26,29H,4,13-19H2,1-2H3;4-11,19-21,25,28H,12-18H2,1-2H3;4-11,19-20,22,25,28,30H,3,12-18H2,1-2H3;3-10,18-20,24,27,29H,11-17H2,1-2H3/t20-,21-,23-,26-,29-;19-,20-,21-,25+,28-;19-,20-,22-,25-,28-;18-,19-,20-,24+,27-/m0000/s1. The van der Waals surface area contributed by atoms with Crippen molar-refractivity contribution in [2.45, 2.75) is 222 Å². The Morgan fingerprint density at radius 2 is 0.600 bits per heavy atom. The molecule has 0 spiro atoms. The number of nitrogens with zero attached hydrogens (tertiary/aromatic N) is 8. The second-order valence-corrected chi connectivity index (χ2v) is 41.7. The lowest BCUT2D eigenvalue weighted by molar-refractivity contribution is -0.0186. The van der Waals surface area contributed by atoms with Gasteiger partial charge in [-0.05, 0) is 269 Å². The van der Waals surface area contributed by atoms with Crippen molar-refractivity contribution in [1.82, 2.24) is 38.9 Å². The van der Waals surface area contributed by atoms with E-state index in [0.717, 1.165) is 157 Å². The van der Waals surface area contributed by atoms with Gasteiger partial charge in [0.1, 0.15) is 0 Å². The molecule has 14 nitrogen and oxygen atoms in total. The van der Waals surface area contributed by atoms with E-state index in [1.807, 2.05) is 10.0 Å². The highest BCUT2D eigenvalue weighted by Crippen LogP contribution is 2.55. The lowest BCUT2D eigenvalue weighted by Gasteiger charge is -2.44. The van der Waals surface area contributed by atoms with Crippen LogP contribution in [0.2, 0.25) is 0 Å². The maximum absolute atomic E-state index is 7.92. The molecule has 12 aromatic rings. The van der Waals surface area contributed by atoms with Crippen LogP contribution in [0.1, 0.15) is 237 Å². The summed E-state index contributed by atoms with van der Waals surface area (Å²) in [5.74, 6) is 11.2. The Labute approximate surface area is 772 Å². The van der Waals surface area contributed by atoms with Gasteiger partial charge in [-0.15, -0.1) is 10.0 Å².